The van der Waals surface area contributed by atoms with Gasteiger partial charge in [-0.3, -0.25) is 0 Å². The van der Waals surface area contributed by atoms with Crippen molar-refractivity contribution in [3.8, 4) is 11.1 Å². The van der Waals surface area contributed by atoms with Crippen molar-refractivity contribution in [1.29, 1.82) is 0 Å². The van der Waals surface area contributed by atoms with Gasteiger partial charge in [-0.2, -0.15) is 0 Å². The molecule has 22 heavy (non-hydrogen) atoms. The fourth-order valence-electron chi connectivity index (χ4n) is 3.26. The van der Waals surface area contributed by atoms with Crippen molar-refractivity contribution in [2.45, 2.75) is 13.0 Å². The number of nitrogens with zero attached hydrogens (tertiary/aromatic N) is 1. The first-order valence-corrected chi connectivity index (χ1v) is 7.89. The Morgan fingerprint density at radius 1 is 1.09 bits per heavy atom. The van der Waals surface area contributed by atoms with Gasteiger partial charge in [0.25, 0.3) is 0 Å². The quantitative estimate of drug-likeness (QED) is 0.710. The standard InChI is InChI=1S/C18H16ClFN2/c19-15-2-1-3-16(20)18(15)12-4-5-17-13(10-12)11-14-6-7-21-8-9-22(14)17/h1-5,10-11,21H,6-9H2. The highest BCUT2D eigenvalue weighted by Crippen LogP contribution is 2.33. The smallest absolute Gasteiger partial charge is 0.132 e. The summed E-state index contributed by atoms with van der Waals surface area (Å²) in [7, 11) is 0. The van der Waals surface area contributed by atoms with E-state index >= 15 is 0 Å². The summed E-state index contributed by atoms with van der Waals surface area (Å²) in [6.07, 6.45) is 1.02. The van der Waals surface area contributed by atoms with Gasteiger partial charge in [0, 0.05) is 48.2 Å². The summed E-state index contributed by atoms with van der Waals surface area (Å²) >= 11 is 6.18. The van der Waals surface area contributed by atoms with Gasteiger partial charge in [0.2, 0.25) is 0 Å². The lowest BCUT2D eigenvalue weighted by Gasteiger charge is -2.08. The van der Waals surface area contributed by atoms with Gasteiger partial charge in [0.05, 0.1) is 5.02 Å². The van der Waals surface area contributed by atoms with Gasteiger partial charge in [-0.05, 0) is 35.9 Å². The Kier molecular flexibility index (Phi) is 3.40. The van der Waals surface area contributed by atoms with Crippen molar-refractivity contribution in [2.75, 3.05) is 13.1 Å². The third kappa shape index (κ3) is 2.21. The monoisotopic (exact) mass is 314 g/mol. The Labute approximate surface area is 133 Å². The molecule has 0 atom stereocenters. The molecule has 4 heteroatoms. The van der Waals surface area contributed by atoms with Crippen molar-refractivity contribution < 1.29 is 4.39 Å². The summed E-state index contributed by atoms with van der Waals surface area (Å²) in [4.78, 5) is 0. The fraction of sp³-hybridized carbons (Fsp3) is 0.222. The predicted molar refractivity (Wildman–Crippen MR) is 88.9 cm³/mol. The largest absolute Gasteiger partial charge is 0.343 e. The number of benzene rings is 2. The molecule has 0 saturated heterocycles. The Hall–Kier alpha value is -1.84. The maximum Gasteiger partial charge on any atom is 0.132 e. The minimum atomic E-state index is -0.281. The van der Waals surface area contributed by atoms with Crippen LogP contribution in [0.2, 0.25) is 5.02 Å². The van der Waals surface area contributed by atoms with Crippen LogP contribution in [0.1, 0.15) is 5.69 Å². The van der Waals surface area contributed by atoms with Crippen LogP contribution in [0.25, 0.3) is 22.0 Å². The SMILES string of the molecule is Fc1cccc(Cl)c1-c1ccc2c(c1)cc1n2CCNCC1. The summed E-state index contributed by atoms with van der Waals surface area (Å²) in [5.41, 5.74) is 3.84. The summed E-state index contributed by atoms with van der Waals surface area (Å²) < 4.78 is 16.5. The van der Waals surface area contributed by atoms with Crippen LogP contribution in [0.3, 0.4) is 0 Å². The number of rotatable bonds is 1. The van der Waals surface area contributed by atoms with E-state index in [0.717, 1.165) is 37.0 Å². The predicted octanol–water partition coefficient (Wildman–Crippen LogP) is 4.25. The molecular weight excluding hydrogens is 299 g/mol. The maximum atomic E-state index is 14.1. The van der Waals surface area contributed by atoms with Crippen LogP contribution >= 0.6 is 11.6 Å². The average molecular weight is 315 g/mol. The topological polar surface area (TPSA) is 17.0 Å². The molecule has 3 aromatic rings. The molecule has 1 aliphatic rings. The summed E-state index contributed by atoms with van der Waals surface area (Å²) in [6.45, 7) is 2.96. The molecule has 2 aromatic carbocycles. The molecule has 0 aliphatic carbocycles. The highest BCUT2D eigenvalue weighted by atomic mass is 35.5. The minimum Gasteiger partial charge on any atom is -0.343 e. The van der Waals surface area contributed by atoms with Gasteiger partial charge in [-0.25, -0.2) is 4.39 Å². The highest BCUT2D eigenvalue weighted by molar-refractivity contribution is 6.33. The van der Waals surface area contributed by atoms with E-state index in [1.54, 1.807) is 12.1 Å². The third-order valence-corrected chi connectivity index (χ3v) is 4.62. The molecule has 112 valence electrons. The number of nitrogens with one attached hydrogen (secondary N) is 1. The minimum absolute atomic E-state index is 0.281. The van der Waals surface area contributed by atoms with Crippen molar-refractivity contribution >= 4 is 22.5 Å². The number of halogens is 2. The Morgan fingerprint density at radius 2 is 2.00 bits per heavy atom. The van der Waals surface area contributed by atoms with Crippen LogP contribution in [-0.4, -0.2) is 17.7 Å². The molecule has 2 heterocycles. The fourth-order valence-corrected chi connectivity index (χ4v) is 3.53. The van der Waals surface area contributed by atoms with E-state index in [2.05, 4.69) is 22.0 Å². The average Bonchev–Trinajstić information content (AvgIpc) is 2.68. The van der Waals surface area contributed by atoms with Crippen LogP contribution in [-0.2, 0) is 13.0 Å². The van der Waals surface area contributed by atoms with Crippen molar-refractivity contribution in [3.05, 3.63) is 59.0 Å². The van der Waals surface area contributed by atoms with E-state index < -0.39 is 0 Å². The second-order valence-electron chi connectivity index (χ2n) is 5.66. The van der Waals surface area contributed by atoms with E-state index in [4.69, 9.17) is 11.6 Å². The molecule has 0 fully saturated rings. The molecular formula is C18H16ClFN2. The zero-order valence-corrected chi connectivity index (χ0v) is 12.8. The molecule has 0 unspecified atom stereocenters. The van der Waals surface area contributed by atoms with Crippen LogP contribution in [0.15, 0.2) is 42.5 Å². The van der Waals surface area contributed by atoms with Crippen LogP contribution in [0, 0.1) is 5.82 Å². The maximum absolute atomic E-state index is 14.1. The first-order chi connectivity index (χ1) is 10.7. The van der Waals surface area contributed by atoms with E-state index in [-0.39, 0.29) is 5.82 Å². The van der Waals surface area contributed by atoms with Gasteiger partial charge in [-0.1, -0.05) is 23.7 Å². The van der Waals surface area contributed by atoms with E-state index in [9.17, 15) is 4.39 Å². The second kappa shape index (κ2) is 5.41. The zero-order valence-electron chi connectivity index (χ0n) is 12.1. The second-order valence-corrected chi connectivity index (χ2v) is 6.06. The lowest BCUT2D eigenvalue weighted by Crippen LogP contribution is -2.17. The van der Waals surface area contributed by atoms with E-state index in [0.29, 0.717) is 10.6 Å². The van der Waals surface area contributed by atoms with Crippen LogP contribution in [0.4, 0.5) is 4.39 Å². The molecule has 0 bridgehead atoms. The molecule has 0 spiro atoms. The molecule has 1 aromatic heterocycles. The number of hydrogen-bond acceptors (Lipinski definition) is 1. The lowest BCUT2D eigenvalue weighted by atomic mass is 10.0. The number of hydrogen-bond donors (Lipinski definition) is 1. The first-order valence-electron chi connectivity index (χ1n) is 7.51. The molecule has 1 N–H and O–H groups in total. The molecule has 0 radical (unpaired) electrons. The summed E-state index contributed by atoms with van der Waals surface area (Å²) in [6, 6.07) is 13.1. The third-order valence-electron chi connectivity index (χ3n) is 4.31. The van der Waals surface area contributed by atoms with E-state index in [1.807, 2.05) is 12.1 Å². The molecule has 1 aliphatic heterocycles. The van der Waals surface area contributed by atoms with Gasteiger partial charge in [0.15, 0.2) is 0 Å². The Bertz CT molecular complexity index is 833. The summed E-state index contributed by atoms with van der Waals surface area (Å²) in [5, 5.41) is 5.00. The normalized spacial score (nSPS) is 14.8. The van der Waals surface area contributed by atoms with Crippen LogP contribution in [0.5, 0.6) is 0 Å². The highest BCUT2D eigenvalue weighted by Gasteiger charge is 2.14. The Balaban J connectivity index is 1.88. The van der Waals surface area contributed by atoms with Crippen molar-refractivity contribution in [3.63, 3.8) is 0 Å². The number of fused-ring (bicyclic) bond motifs is 3. The lowest BCUT2D eigenvalue weighted by molar-refractivity contribution is 0.631. The molecule has 0 saturated carbocycles. The zero-order chi connectivity index (χ0) is 15.1. The van der Waals surface area contributed by atoms with Gasteiger partial charge >= 0.3 is 0 Å². The Morgan fingerprint density at radius 3 is 2.86 bits per heavy atom. The summed E-state index contributed by atoms with van der Waals surface area (Å²) in [5.74, 6) is -0.281. The van der Waals surface area contributed by atoms with E-state index in [1.165, 1.54) is 17.3 Å². The van der Waals surface area contributed by atoms with Crippen molar-refractivity contribution in [1.82, 2.24) is 9.88 Å². The van der Waals surface area contributed by atoms with Crippen molar-refractivity contribution in [2.24, 2.45) is 0 Å². The van der Waals surface area contributed by atoms with Gasteiger partial charge < -0.3 is 9.88 Å². The number of aromatic nitrogens is 1. The first kappa shape index (κ1) is 13.8. The van der Waals surface area contributed by atoms with Crippen LogP contribution < -0.4 is 5.32 Å². The molecule has 2 nitrogen and oxygen atoms in total. The van der Waals surface area contributed by atoms with Gasteiger partial charge in [-0.15, -0.1) is 0 Å². The molecule has 0 amide bonds. The van der Waals surface area contributed by atoms with Gasteiger partial charge in [0.1, 0.15) is 5.82 Å². The molecule has 4 rings (SSSR count).